The minimum absolute atomic E-state index is 0.0855. The SMILES string of the molecule is OCC(CNCC1CCOc2ccccc21)c1ccc(Cl)cc1. The zero-order chi connectivity index (χ0) is 16.1. The Labute approximate surface area is 142 Å². The Balaban J connectivity index is 1.57. The molecule has 2 aromatic carbocycles. The monoisotopic (exact) mass is 331 g/mol. The van der Waals surface area contributed by atoms with Gasteiger partial charge in [0, 0.05) is 29.9 Å². The molecular weight excluding hydrogens is 310 g/mol. The van der Waals surface area contributed by atoms with E-state index in [1.54, 1.807) is 0 Å². The van der Waals surface area contributed by atoms with Gasteiger partial charge in [0.1, 0.15) is 5.75 Å². The maximum Gasteiger partial charge on any atom is 0.122 e. The number of rotatable bonds is 6. The van der Waals surface area contributed by atoms with Crippen molar-refractivity contribution in [2.24, 2.45) is 0 Å². The smallest absolute Gasteiger partial charge is 0.122 e. The van der Waals surface area contributed by atoms with Crippen LogP contribution in [0.5, 0.6) is 5.75 Å². The van der Waals surface area contributed by atoms with Gasteiger partial charge in [-0.1, -0.05) is 41.9 Å². The van der Waals surface area contributed by atoms with Crippen LogP contribution in [0.15, 0.2) is 48.5 Å². The van der Waals surface area contributed by atoms with Crippen LogP contribution in [-0.2, 0) is 0 Å². The lowest BCUT2D eigenvalue weighted by Gasteiger charge is -2.26. The van der Waals surface area contributed by atoms with Crippen LogP contribution in [0.1, 0.15) is 29.4 Å². The van der Waals surface area contributed by atoms with Gasteiger partial charge in [-0.25, -0.2) is 0 Å². The largest absolute Gasteiger partial charge is 0.493 e. The van der Waals surface area contributed by atoms with Crippen LogP contribution in [0.4, 0.5) is 0 Å². The Bertz CT molecular complexity index is 630. The molecule has 2 atom stereocenters. The first-order valence-corrected chi connectivity index (χ1v) is 8.44. The molecule has 1 aliphatic heterocycles. The Morgan fingerprint density at radius 3 is 2.74 bits per heavy atom. The van der Waals surface area contributed by atoms with Crippen molar-refractivity contribution in [2.75, 3.05) is 26.3 Å². The normalized spacial score (nSPS) is 18.1. The molecule has 1 heterocycles. The van der Waals surface area contributed by atoms with Crippen LogP contribution in [0.2, 0.25) is 5.02 Å². The molecule has 0 saturated heterocycles. The van der Waals surface area contributed by atoms with Gasteiger partial charge in [-0.3, -0.25) is 0 Å². The zero-order valence-electron chi connectivity index (χ0n) is 13.0. The predicted octanol–water partition coefficient (Wildman–Crippen LogP) is 3.57. The van der Waals surface area contributed by atoms with Gasteiger partial charge in [0.25, 0.3) is 0 Å². The van der Waals surface area contributed by atoms with E-state index in [1.807, 2.05) is 36.4 Å². The van der Waals surface area contributed by atoms with E-state index in [0.717, 1.165) is 42.5 Å². The molecule has 2 aromatic rings. The lowest BCUT2D eigenvalue weighted by atomic mass is 9.92. The Morgan fingerprint density at radius 1 is 1.17 bits per heavy atom. The summed E-state index contributed by atoms with van der Waals surface area (Å²) < 4.78 is 5.70. The number of nitrogens with one attached hydrogen (secondary N) is 1. The van der Waals surface area contributed by atoms with Gasteiger partial charge in [0.15, 0.2) is 0 Å². The summed E-state index contributed by atoms with van der Waals surface area (Å²) in [5, 5.41) is 13.9. The number of benzene rings is 2. The van der Waals surface area contributed by atoms with Gasteiger partial charge in [0.05, 0.1) is 13.2 Å². The third-order valence-electron chi connectivity index (χ3n) is 4.43. The van der Waals surface area contributed by atoms with Crippen LogP contribution < -0.4 is 10.1 Å². The molecule has 23 heavy (non-hydrogen) atoms. The fourth-order valence-corrected chi connectivity index (χ4v) is 3.21. The first kappa shape index (κ1) is 16.3. The Morgan fingerprint density at radius 2 is 1.96 bits per heavy atom. The van der Waals surface area contributed by atoms with Gasteiger partial charge in [0.2, 0.25) is 0 Å². The molecule has 0 bridgehead atoms. The Hall–Kier alpha value is -1.55. The highest BCUT2D eigenvalue weighted by molar-refractivity contribution is 6.30. The summed E-state index contributed by atoms with van der Waals surface area (Å²) in [6.45, 7) is 2.53. The van der Waals surface area contributed by atoms with E-state index in [1.165, 1.54) is 5.56 Å². The van der Waals surface area contributed by atoms with Crippen LogP contribution in [-0.4, -0.2) is 31.4 Å². The summed E-state index contributed by atoms with van der Waals surface area (Å²) >= 11 is 5.92. The fraction of sp³-hybridized carbons (Fsp3) is 0.368. The third-order valence-corrected chi connectivity index (χ3v) is 4.68. The molecular formula is C19H22ClNO2. The van der Waals surface area contributed by atoms with Crippen molar-refractivity contribution in [3.63, 3.8) is 0 Å². The second-order valence-corrected chi connectivity index (χ2v) is 6.40. The fourth-order valence-electron chi connectivity index (χ4n) is 3.08. The van der Waals surface area contributed by atoms with Crippen LogP contribution in [0, 0.1) is 0 Å². The number of ether oxygens (including phenoxy) is 1. The average molecular weight is 332 g/mol. The van der Waals surface area contributed by atoms with Crippen molar-refractivity contribution >= 4 is 11.6 Å². The summed E-state index contributed by atoms with van der Waals surface area (Å²) in [6.07, 6.45) is 1.02. The first-order valence-electron chi connectivity index (χ1n) is 8.06. The quantitative estimate of drug-likeness (QED) is 0.850. The van der Waals surface area contributed by atoms with E-state index >= 15 is 0 Å². The van der Waals surface area contributed by atoms with Crippen LogP contribution in [0.25, 0.3) is 0 Å². The zero-order valence-corrected chi connectivity index (χ0v) is 13.8. The van der Waals surface area contributed by atoms with Gasteiger partial charge in [-0.2, -0.15) is 0 Å². The lowest BCUT2D eigenvalue weighted by Crippen LogP contribution is -2.30. The maximum absolute atomic E-state index is 9.65. The van der Waals surface area contributed by atoms with Gasteiger partial charge < -0.3 is 15.2 Å². The topological polar surface area (TPSA) is 41.5 Å². The van der Waals surface area contributed by atoms with Gasteiger partial charge >= 0.3 is 0 Å². The molecule has 3 rings (SSSR count). The second-order valence-electron chi connectivity index (χ2n) is 5.96. The second kappa shape index (κ2) is 7.82. The Kier molecular flexibility index (Phi) is 5.55. The molecule has 0 saturated carbocycles. The minimum atomic E-state index is 0.0855. The molecule has 122 valence electrons. The minimum Gasteiger partial charge on any atom is -0.493 e. The number of fused-ring (bicyclic) bond motifs is 1. The number of halogens is 1. The van der Waals surface area contributed by atoms with E-state index in [0.29, 0.717) is 5.92 Å². The molecule has 4 heteroatoms. The summed E-state index contributed by atoms with van der Waals surface area (Å²) in [7, 11) is 0. The van der Waals surface area contributed by atoms with Crippen molar-refractivity contribution in [3.8, 4) is 5.75 Å². The highest BCUT2D eigenvalue weighted by Gasteiger charge is 2.21. The number of aliphatic hydroxyl groups excluding tert-OH is 1. The van der Waals surface area contributed by atoms with Gasteiger partial charge in [-0.15, -0.1) is 0 Å². The number of hydrogen-bond donors (Lipinski definition) is 2. The predicted molar refractivity (Wildman–Crippen MR) is 93.4 cm³/mol. The van der Waals surface area contributed by atoms with Crippen LogP contribution in [0.3, 0.4) is 0 Å². The van der Waals surface area contributed by atoms with E-state index in [4.69, 9.17) is 16.3 Å². The van der Waals surface area contributed by atoms with Gasteiger partial charge in [-0.05, 0) is 35.7 Å². The molecule has 2 unspecified atom stereocenters. The van der Waals surface area contributed by atoms with E-state index in [-0.39, 0.29) is 12.5 Å². The summed E-state index contributed by atoms with van der Waals surface area (Å²) in [6, 6.07) is 15.9. The summed E-state index contributed by atoms with van der Waals surface area (Å²) in [4.78, 5) is 0. The van der Waals surface area contributed by atoms with E-state index in [2.05, 4.69) is 17.4 Å². The standard InChI is InChI=1S/C19H22ClNO2/c20-17-7-5-14(6-8-17)16(13-22)12-21-11-15-9-10-23-19-4-2-1-3-18(15)19/h1-8,15-16,21-22H,9-13H2. The molecule has 0 aliphatic carbocycles. The van der Waals surface area contributed by atoms with E-state index in [9.17, 15) is 5.11 Å². The molecule has 0 spiro atoms. The third kappa shape index (κ3) is 4.05. The molecule has 0 radical (unpaired) electrons. The first-order chi connectivity index (χ1) is 11.3. The molecule has 0 aromatic heterocycles. The van der Waals surface area contributed by atoms with Crippen molar-refractivity contribution in [1.82, 2.24) is 5.32 Å². The molecule has 0 fully saturated rings. The number of para-hydroxylation sites is 1. The molecule has 1 aliphatic rings. The van der Waals surface area contributed by atoms with E-state index < -0.39 is 0 Å². The van der Waals surface area contributed by atoms with Crippen molar-refractivity contribution in [1.29, 1.82) is 0 Å². The van der Waals surface area contributed by atoms with Crippen molar-refractivity contribution in [2.45, 2.75) is 18.3 Å². The van der Waals surface area contributed by atoms with Crippen LogP contribution >= 0.6 is 11.6 Å². The molecule has 2 N–H and O–H groups in total. The lowest BCUT2D eigenvalue weighted by molar-refractivity contribution is 0.251. The summed E-state index contributed by atoms with van der Waals surface area (Å²) in [5.41, 5.74) is 2.38. The number of hydrogen-bond acceptors (Lipinski definition) is 3. The summed E-state index contributed by atoms with van der Waals surface area (Å²) in [5.74, 6) is 1.55. The molecule has 0 amide bonds. The molecule has 3 nitrogen and oxygen atoms in total. The highest BCUT2D eigenvalue weighted by Crippen LogP contribution is 2.32. The van der Waals surface area contributed by atoms with Crippen molar-refractivity contribution < 1.29 is 9.84 Å². The number of aliphatic hydroxyl groups is 1. The van der Waals surface area contributed by atoms with Crippen molar-refractivity contribution in [3.05, 3.63) is 64.7 Å². The highest BCUT2D eigenvalue weighted by atomic mass is 35.5. The average Bonchev–Trinajstić information content (AvgIpc) is 2.60. The maximum atomic E-state index is 9.65.